The summed E-state index contributed by atoms with van der Waals surface area (Å²) in [6.07, 6.45) is 1.55. The predicted octanol–water partition coefficient (Wildman–Crippen LogP) is 1.14. The maximum absolute atomic E-state index is 14.4. The van der Waals surface area contributed by atoms with Crippen molar-refractivity contribution in [1.29, 1.82) is 0 Å². The number of amides is 2. The highest BCUT2D eigenvalue weighted by molar-refractivity contribution is 7.80. The van der Waals surface area contributed by atoms with E-state index < -0.39 is 0 Å². The van der Waals surface area contributed by atoms with Gasteiger partial charge in [-0.2, -0.15) is 12.6 Å². The van der Waals surface area contributed by atoms with Crippen molar-refractivity contribution in [2.45, 2.75) is 37.2 Å². The Morgan fingerprint density at radius 2 is 2.08 bits per heavy atom. The summed E-state index contributed by atoms with van der Waals surface area (Å²) in [5, 5.41) is 5.27. The lowest BCUT2D eigenvalue weighted by Crippen LogP contribution is -2.51. The summed E-state index contributed by atoms with van der Waals surface area (Å²) in [5.74, 6) is -0.202. The molecule has 128 valence electrons. The summed E-state index contributed by atoms with van der Waals surface area (Å²) in [7, 11) is 0. The van der Waals surface area contributed by atoms with Gasteiger partial charge in [0, 0.05) is 13.0 Å². The van der Waals surface area contributed by atoms with Crippen LogP contribution in [-0.4, -0.2) is 35.8 Å². The number of nitrogens with zero attached hydrogens (tertiary/aromatic N) is 1. The first-order chi connectivity index (χ1) is 11.5. The van der Waals surface area contributed by atoms with Gasteiger partial charge in [-0.3, -0.25) is 19.8 Å². The van der Waals surface area contributed by atoms with Crippen LogP contribution < -0.4 is 10.6 Å². The van der Waals surface area contributed by atoms with Gasteiger partial charge in [-0.1, -0.05) is 6.07 Å². The molecule has 5 nitrogen and oxygen atoms in total. The number of piperidine rings is 1. The van der Waals surface area contributed by atoms with Crippen molar-refractivity contribution in [3.05, 3.63) is 34.6 Å². The number of carbonyl (C=O) groups excluding carboxylic acids is 2. The average molecular weight is 349 g/mol. The Morgan fingerprint density at radius 1 is 1.29 bits per heavy atom. The molecule has 3 aliphatic rings. The number of hydrogen-bond acceptors (Lipinski definition) is 5. The number of benzene rings is 1. The summed E-state index contributed by atoms with van der Waals surface area (Å²) in [6, 6.07) is 3.11. The molecule has 0 spiro atoms. The maximum Gasteiger partial charge on any atom is 0.243 e. The summed E-state index contributed by atoms with van der Waals surface area (Å²) < 4.78 is 14.4. The Kier molecular flexibility index (Phi) is 4.10. The first-order valence-corrected chi connectivity index (χ1v) is 8.84. The highest BCUT2D eigenvalue weighted by atomic mass is 32.1. The smallest absolute Gasteiger partial charge is 0.243 e. The summed E-state index contributed by atoms with van der Waals surface area (Å²) in [6.45, 7) is 2.44. The normalized spacial score (nSPS) is 27.8. The second kappa shape index (κ2) is 6.13. The molecule has 3 aliphatic heterocycles. The fraction of sp³-hybridized carbons (Fsp3) is 0.529. The van der Waals surface area contributed by atoms with Crippen LogP contribution in [0.2, 0.25) is 0 Å². The van der Waals surface area contributed by atoms with Crippen LogP contribution in [0.15, 0.2) is 12.1 Å². The van der Waals surface area contributed by atoms with Crippen molar-refractivity contribution in [2.75, 3.05) is 13.1 Å². The van der Waals surface area contributed by atoms with Crippen molar-refractivity contribution in [3.63, 3.8) is 0 Å². The van der Waals surface area contributed by atoms with Crippen molar-refractivity contribution in [3.8, 4) is 0 Å². The molecule has 0 bridgehead atoms. The van der Waals surface area contributed by atoms with Crippen molar-refractivity contribution < 1.29 is 14.0 Å². The van der Waals surface area contributed by atoms with Gasteiger partial charge < -0.3 is 5.32 Å². The van der Waals surface area contributed by atoms with Gasteiger partial charge >= 0.3 is 0 Å². The monoisotopic (exact) mass is 349 g/mol. The Bertz CT molecular complexity index is 707. The number of imide groups is 1. The number of carbonyl (C=O) groups is 2. The molecule has 0 aromatic heterocycles. The predicted molar refractivity (Wildman–Crippen MR) is 89.9 cm³/mol. The van der Waals surface area contributed by atoms with Gasteiger partial charge in [0.1, 0.15) is 5.82 Å². The van der Waals surface area contributed by atoms with Crippen LogP contribution in [0.5, 0.6) is 0 Å². The van der Waals surface area contributed by atoms with E-state index in [9.17, 15) is 14.0 Å². The third kappa shape index (κ3) is 2.74. The van der Waals surface area contributed by atoms with Crippen LogP contribution in [-0.2, 0) is 22.6 Å². The number of hydrogen-bond donors (Lipinski definition) is 3. The van der Waals surface area contributed by atoms with Crippen LogP contribution in [0.3, 0.4) is 0 Å². The van der Waals surface area contributed by atoms with Gasteiger partial charge in [-0.25, -0.2) is 4.39 Å². The number of nitrogens with one attached hydrogen (secondary N) is 2. The Hall–Kier alpha value is -1.44. The third-order valence-electron chi connectivity index (χ3n) is 5.24. The van der Waals surface area contributed by atoms with E-state index in [0.29, 0.717) is 25.3 Å². The van der Waals surface area contributed by atoms with E-state index >= 15 is 0 Å². The molecule has 2 saturated heterocycles. The molecule has 2 fully saturated rings. The minimum atomic E-state index is -0.389. The molecule has 2 N–H and O–H groups in total. The number of rotatable bonds is 3. The molecule has 2 amide bonds. The molecular formula is C17H20FN3O2S. The lowest BCUT2D eigenvalue weighted by atomic mass is 9.92. The van der Waals surface area contributed by atoms with E-state index in [1.807, 2.05) is 11.0 Å². The largest absolute Gasteiger partial charge is 0.316 e. The zero-order chi connectivity index (χ0) is 16.8. The van der Waals surface area contributed by atoms with Crippen LogP contribution in [0.4, 0.5) is 4.39 Å². The van der Waals surface area contributed by atoms with E-state index in [4.69, 9.17) is 0 Å². The molecule has 3 heterocycles. The molecule has 0 aliphatic carbocycles. The van der Waals surface area contributed by atoms with Gasteiger partial charge in [-0.15, -0.1) is 0 Å². The van der Waals surface area contributed by atoms with Gasteiger partial charge in [0.05, 0.1) is 11.4 Å². The second-order valence-corrected chi connectivity index (χ2v) is 7.37. The molecule has 2 unspecified atom stereocenters. The molecule has 24 heavy (non-hydrogen) atoms. The van der Waals surface area contributed by atoms with Crippen LogP contribution in [0.25, 0.3) is 0 Å². The van der Waals surface area contributed by atoms with E-state index in [-0.39, 0.29) is 29.0 Å². The molecular weight excluding hydrogens is 329 g/mol. The molecule has 0 saturated carbocycles. The number of halogens is 1. The van der Waals surface area contributed by atoms with Crippen LogP contribution in [0.1, 0.15) is 34.9 Å². The molecule has 2 atom stereocenters. The summed E-state index contributed by atoms with van der Waals surface area (Å²) in [5.41, 5.74) is 2.60. The molecule has 4 rings (SSSR count). The lowest BCUT2D eigenvalue weighted by molar-refractivity contribution is -0.137. The van der Waals surface area contributed by atoms with E-state index in [1.165, 1.54) is 0 Å². The Balaban J connectivity index is 1.56. The first kappa shape index (κ1) is 16.1. The fourth-order valence-corrected chi connectivity index (χ4v) is 4.25. The van der Waals surface area contributed by atoms with Gasteiger partial charge in [0.25, 0.3) is 0 Å². The molecule has 1 aromatic carbocycles. The Morgan fingerprint density at radius 3 is 2.75 bits per heavy atom. The van der Waals surface area contributed by atoms with Crippen molar-refractivity contribution in [1.82, 2.24) is 15.5 Å². The summed E-state index contributed by atoms with van der Waals surface area (Å²) in [4.78, 5) is 25.4. The topological polar surface area (TPSA) is 61.4 Å². The zero-order valence-electron chi connectivity index (χ0n) is 13.2. The van der Waals surface area contributed by atoms with E-state index in [1.54, 1.807) is 6.07 Å². The quantitative estimate of drug-likeness (QED) is 0.566. The molecule has 0 radical (unpaired) electrons. The highest BCUT2D eigenvalue weighted by Crippen LogP contribution is 2.40. The summed E-state index contributed by atoms with van der Waals surface area (Å²) >= 11 is 4.61. The second-order valence-electron chi connectivity index (χ2n) is 6.88. The van der Waals surface area contributed by atoms with Crippen LogP contribution >= 0.6 is 12.6 Å². The number of fused-ring (bicyclic) bond motifs is 1. The first-order valence-electron chi connectivity index (χ1n) is 8.32. The van der Waals surface area contributed by atoms with Gasteiger partial charge in [-0.05, 0) is 54.6 Å². The standard InChI is InChI=1S/C17H20FN3O2S/c18-13-5-12-11(4-10(13)3-9-6-19-7-9)8-21(17(12)24)14-1-2-15(22)20-16(14)23/h4-5,9,14,17,19,24H,1-3,6-8H2,(H,20,22,23). The lowest BCUT2D eigenvalue weighted by Gasteiger charge is -2.32. The van der Waals surface area contributed by atoms with Gasteiger partial charge in [0.2, 0.25) is 11.8 Å². The van der Waals surface area contributed by atoms with Crippen molar-refractivity contribution >= 4 is 24.4 Å². The van der Waals surface area contributed by atoms with Crippen LogP contribution in [0, 0.1) is 11.7 Å². The van der Waals surface area contributed by atoms with E-state index in [0.717, 1.165) is 36.2 Å². The average Bonchev–Trinajstić information content (AvgIpc) is 2.80. The van der Waals surface area contributed by atoms with E-state index in [2.05, 4.69) is 23.3 Å². The highest BCUT2D eigenvalue weighted by Gasteiger charge is 2.39. The maximum atomic E-state index is 14.4. The minimum Gasteiger partial charge on any atom is -0.316 e. The zero-order valence-corrected chi connectivity index (χ0v) is 14.1. The minimum absolute atomic E-state index is 0.190. The number of thiol groups is 1. The fourth-order valence-electron chi connectivity index (χ4n) is 3.76. The SMILES string of the molecule is O=C1CCC(N2Cc3cc(CC4CNC4)c(F)cc3C2S)C(=O)N1. The van der Waals surface area contributed by atoms with Crippen molar-refractivity contribution in [2.24, 2.45) is 5.92 Å². The molecule has 1 aromatic rings. The van der Waals surface area contributed by atoms with Gasteiger partial charge in [0.15, 0.2) is 0 Å². The molecule has 7 heteroatoms. The third-order valence-corrected chi connectivity index (χ3v) is 5.81. The Labute approximate surface area is 145 Å².